The van der Waals surface area contributed by atoms with E-state index in [1.807, 2.05) is 14.0 Å². The normalized spacial score (nSPS) is 19.0. The molecule has 1 aromatic carbocycles. The molecule has 0 aliphatic carbocycles. The number of halogens is 1. The predicted octanol–water partition coefficient (Wildman–Crippen LogP) is 2.27. The highest BCUT2D eigenvalue weighted by Gasteiger charge is 2.33. The van der Waals surface area contributed by atoms with E-state index in [0.717, 1.165) is 6.42 Å². The molecule has 3 rings (SSSR count). The number of pyridine rings is 1. The summed E-state index contributed by atoms with van der Waals surface area (Å²) in [7, 11) is -1.79. The molecule has 1 aliphatic rings. The quantitative estimate of drug-likeness (QED) is 0.875. The summed E-state index contributed by atoms with van der Waals surface area (Å²) in [5.41, 5.74) is 0. The Bertz CT molecular complexity index is 857. The van der Waals surface area contributed by atoms with Gasteiger partial charge in [0.05, 0.1) is 22.7 Å². The van der Waals surface area contributed by atoms with Crippen molar-refractivity contribution in [3.63, 3.8) is 0 Å². The Kier molecular flexibility index (Phi) is 4.96. The molecule has 24 heavy (non-hydrogen) atoms. The van der Waals surface area contributed by atoms with Crippen LogP contribution in [-0.2, 0) is 10.0 Å². The van der Waals surface area contributed by atoms with Crippen molar-refractivity contribution in [1.29, 1.82) is 0 Å². The third-order valence-corrected chi connectivity index (χ3v) is 6.44. The van der Waals surface area contributed by atoms with E-state index in [1.165, 1.54) is 10.5 Å². The molecule has 0 radical (unpaired) electrons. The van der Waals surface area contributed by atoms with E-state index in [1.54, 1.807) is 18.2 Å². The minimum Gasteiger partial charge on any atom is -0.478 e. The molecule has 1 saturated heterocycles. The van der Waals surface area contributed by atoms with Gasteiger partial charge in [-0.15, -0.1) is 0 Å². The first-order valence-corrected chi connectivity index (χ1v) is 9.68. The number of nitrogens with zero attached hydrogens (tertiary/aromatic N) is 2. The van der Waals surface area contributed by atoms with Crippen molar-refractivity contribution in [2.75, 3.05) is 26.7 Å². The Balaban J connectivity index is 2.14. The Hall–Kier alpha value is -1.41. The van der Waals surface area contributed by atoms with E-state index in [4.69, 9.17) is 16.3 Å². The lowest BCUT2D eigenvalue weighted by Crippen LogP contribution is -2.33. The topological polar surface area (TPSA) is 71.5 Å². The molecule has 130 valence electrons. The highest BCUT2D eigenvalue weighted by atomic mass is 35.5. The molecule has 1 aromatic heterocycles. The van der Waals surface area contributed by atoms with Crippen molar-refractivity contribution in [2.45, 2.75) is 24.3 Å². The van der Waals surface area contributed by atoms with Gasteiger partial charge in [-0.3, -0.25) is 0 Å². The lowest BCUT2D eigenvalue weighted by atomic mass is 10.2. The molecular formula is C16H20ClN3O3S. The summed E-state index contributed by atoms with van der Waals surface area (Å²) in [5, 5.41) is 4.50. The monoisotopic (exact) mass is 369 g/mol. The Morgan fingerprint density at radius 1 is 1.46 bits per heavy atom. The summed E-state index contributed by atoms with van der Waals surface area (Å²) in [6, 6.07) is 5.23. The van der Waals surface area contributed by atoms with Crippen molar-refractivity contribution < 1.29 is 13.2 Å². The van der Waals surface area contributed by atoms with Crippen LogP contribution in [0.1, 0.15) is 13.3 Å². The van der Waals surface area contributed by atoms with Crippen LogP contribution in [-0.4, -0.2) is 50.5 Å². The number of benzene rings is 1. The summed E-state index contributed by atoms with van der Waals surface area (Å²) in [6.07, 6.45) is 2.23. The van der Waals surface area contributed by atoms with Crippen LogP contribution in [0.2, 0.25) is 5.02 Å². The van der Waals surface area contributed by atoms with Crippen LogP contribution in [0.15, 0.2) is 29.3 Å². The zero-order valence-electron chi connectivity index (χ0n) is 13.6. The molecule has 0 bridgehead atoms. The number of sulfonamides is 1. The van der Waals surface area contributed by atoms with E-state index in [9.17, 15) is 8.42 Å². The van der Waals surface area contributed by atoms with Crippen molar-refractivity contribution in [3.8, 4) is 5.88 Å². The molecule has 2 heterocycles. The van der Waals surface area contributed by atoms with Gasteiger partial charge in [0.25, 0.3) is 0 Å². The molecular weight excluding hydrogens is 350 g/mol. The molecule has 8 heteroatoms. The van der Waals surface area contributed by atoms with Crippen molar-refractivity contribution in [2.24, 2.45) is 0 Å². The van der Waals surface area contributed by atoms with Gasteiger partial charge in [0.1, 0.15) is 0 Å². The molecule has 6 nitrogen and oxygen atoms in total. The number of likely N-dealkylation sites (N-methyl/N-ethyl adjacent to an activating group) is 1. The third kappa shape index (κ3) is 2.97. The van der Waals surface area contributed by atoms with Crippen LogP contribution < -0.4 is 10.1 Å². The number of fused-ring (bicyclic) bond motifs is 1. The smallest absolute Gasteiger partial charge is 0.243 e. The van der Waals surface area contributed by atoms with Crippen molar-refractivity contribution >= 4 is 32.4 Å². The zero-order chi connectivity index (χ0) is 17.3. The fourth-order valence-corrected chi connectivity index (χ4v) is 5.03. The lowest BCUT2D eigenvalue weighted by molar-refractivity contribution is 0.331. The average molecular weight is 370 g/mol. The first-order chi connectivity index (χ1) is 11.5. The predicted molar refractivity (Wildman–Crippen MR) is 94.1 cm³/mol. The van der Waals surface area contributed by atoms with Gasteiger partial charge >= 0.3 is 0 Å². The summed E-state index contributed by atoms with van der Waals surface area (Å²) >= 11 is 6.29. The Morgan fingerprint density at radius 2 is 2.25 bits per heavy atom. The summed E-state index contributed by atoms with van der Waals surface area (Å²) in [4.78, 5) is 4.37. The van der Waals surface area contributed by atoms with Crippen LogP contribution in [0.25, 0.3) is 10.8 Å². The fraction of sp³-hybridized carbons (Fsp3) is 0.438. The van der Waals surface area contributed by atoms with Gasteiger partial charge in [0.15, 0.2) is 0 Å². The lowest BCUT2D eigenvalue weighted by Gasteiger charge is -2.19. The van der Waals surface area contributed by atoms with Gasteiger partial charge in [0.2, 0.25) is 15.9 Å². The van der Waals surface area contributed by atoms with E-state index in [0.29, 0.717) is 41.4 Å². The highest BCUT2D eigenvalue weighted by molar-refractivity contribution is 7.89. The molecule has 2 aromatic rings. The average Bonchev–Trinajstić information content (AvgIpc) is 3.07. The van der Waals surface area contributed by atoms with Crippen LogP contribution in [0.3, 0.4) is 0 Å². The molecule has 0 saturated carbocycles. The molecule has 1 N–H and O–H groups in total. The second-order valence-corrected chi connectivity index (χ2v) is 7.97. The Morgan fingerprint density at radius 3 is 2.92 bits per heavy atom. The maximum absolute atomic E-state index is 13.1. The largest absolute Gasteiger partial charge is 0.478 e. The Labute approximate surface area is 146 Å². The van der Waals surface area contributed by atoms with Crippen molar-refractivity contribution in [1.82, 2.24) is 14.6 Å². The van der Waals surface area contributed by atoms with E-state index in [2.05, 4.69) is 10.3 Å². The molecule has 1 fully saturated rings. The van der Waals surface area contributed by atoms with E-state index >= 15 is 0 Å². The maximum atomic E-state index is 13.1. The number of rotatable bonds is 5. The number of hydrogen-bond acceptors (Lipinski definition) is 5. The summed E-state index contributed by atoms with van der Waals surface area (Å²) in [5.74, 6) is 0.392. The first kappa shape index (κ1) is 17.4. The maximum Gasteiger partial charge on any atom is 0.243 e. The number of nitrogens with one attached hydrogen (secondary N) is 1. The first-order valence-electron chi connectivity index (χ1n) is 7.86. The molecule has 0 spiro atoms. The SMILES string of the molecule is CCOc1ncc(Cl)c2c(S(=O)(=O)N3CC[C@@H](NC)C3)cccc12. The molecule has 0 unspecified atom stereocenters. The van der Waals surface area contributed by atoms with Crippen LogP contribution in [0, 0.1) is 0 Å². The third-order valence-electron chi connectivity index (χ3n) is 4.25. The minimum atomic E-state index is -3.64. The number of ether oxygens (including phenoxy) is 1. The second kappa shape index (κ2) is 6.84. The van der Waals surface area contributed by atoms with Crippen molar-refractivity contribution in [3.05, 3.63) is 29.4 Å². The zero-order valence-corrected chi connectivity index (χ0v) is 15.2. The van der Waals surface area contributed by atoms with Gasteiger partial charge in [-0.05, 0) is 32.5 Å². The van der Waals surface area contributed by atoms with Gasteiger partial charge in [-0.25, -0.2) is 13.4 Å². The molecule has 1 aliphatic heterocycles. The van der Waals surface area contributed by atoms with Crippen LogP contribution in [0.5, 0.6) is 5.88 Å². The molecule has 1 atom stereocenters. The van der Waals surface area contributed by atoms with Crippen LogP contribution in [0.4, 0.5) is 0 Å². The van der Waals surface area contributed by atoms with E-state index < -0.39 is 10.0 Å². The number of aromatic nitrogens is 1. The minimum absolute atomic E-state index is 0.172. The van der Waals surface area contributed by atoms with E-state index in [-0.39, 0.29) is 10.9 Å². The molecule has 0 amide bonds. The fourth-order valence-electron chi connectivity index (χ4n) is 2.99. The van der Waals surface area contributed by atoms with Gasteiger partial charge in [0, 0.05) is 29.9 Å². The summed E-state index contributed by atoms with van der Waals surface area (Å²) in [6.45, 7) is 3.24. The summed E-state index contributed by atoms with van der Waals surface area (Å²) < 4.78 is 33.2. The second-order valence-electron chi connectivity index (χ2n) is 5.66. The van der Waals surface area contributed by atoms with Gasteiger partial charge < -0.3 is 10.1 Å². The van der Waals surface area contributed by atoms with Crippen LogP contribution >= 0.6 is 11.6 Å². The standard InChI is InChI=1S/C16H20ClN3O3S/c1-3-23-16-12-5-4-6-14(15(12)13(17)9-19-16)24(21,22)20-8-7-11(10-20)18-2/h4-6,9,11,18H,3,7-8,10H2,1-2H3/t11-/m1/s1. The van der Waals surface area contributed by atoms with Gasteiger partial charge in [-0.1, -0.05) is 17.7 Å². The number of hydrogen-bond donors (Lipinski definition) is 1. The highest BCUT2D eigenvalue weighted by Crippen LogP contribution is 2.36. The van der Waals surface area contributed by atoms with Gasteiger partial charge in [-0.2, -0.15) is 4.31 Å².